The predicted molar refractivity (Wildman–Crippen MR) is 114 cm³/mol. The minimum Gasteiger partial charge on any atom is -0.660 e. The third-order valence-electron chi connectivity index (χ3n) is 10.8. The van der Waals surface area contributed by atoms with Gasteiger partial charge in [0, 0.05) is 111 Å². The summed E-state index contributed by atoms with van der Waals surface area (Å²) in [6.07, 6.45) is 11.9. The maximum absolute atomic E-state index is 4.62. The fraction of sp³-hybridized carbons (Fsp3) is 0.960. The Kier molecular flexibility index (Phi) is 13.4. The summed E-state index contributed by atoms with van der Waals surface area (Å²) in [7, 11) is 0. The molecule has 171 valence electrons. The van der Waals surface area contributed by atoms with E-state index in [-0.39, 0.29) is 105 Å². The Hall–Kier alpha value is 3.40. The zero-order valence-electron chi connectivity index (χ0n) is 20.4. The van der Waals surface area contributed by atoms with Crippen LogP contribution in [0.2, 0.25) is 0 Å². The van der Waals surface area contributed by atoms with Crippen LogP contribution in [0.5, 0.6) is 0 Å². The normalized spacial score (nSPS) is 47.2. The molecule has 5 fully saturated rings. The second kappa shape index (κ2) is 12.8. The molecule has 1 aliphatic heterocycles. The number of fused-ring (bicyclic) bond motifs is 5. The topological polar surface area (TPSA) is 17.3 Å². The van der Waals surface area contributed by atoms with Crippen LogP contribution in [-0.2, 0) is 105 Å². The van der Waals surface area contributed by atoms with Gasteiger partial charge in [-0.2, -0.15) is 18.8 Å². The molecule has 31 heavy (non-hydrogen) atoms. The maximum Gasteiger partial charge on any atom is 0.0125 e. The molecule has 1 heterocycles. The molecule has 4 unspecified atom stereocenters. The van der Waals surface area contributed by atoms with Gasteiger partial charge >= 0.3 is 0 Å². The molecule has 2 nitrogen and oxygen atoms in total. The first-order chi connectivity index (χ1) is 12.9. The van der Waals surface area contributed by atoms with E-state index in [4.69, 9.17) is 0 Å². The smallest absolute Gasteiger partial charge is 0.0125 e. The molecule has 1 saturated heterocycles. The molecule has 6 heteroatoms. The van der Waals surface area contributed by atoms with Crippen molar-refractivity contribution in [3.05, 3.63) is 11.2 Å². The van der Waals surface area contributed by atoms with Crippen LogP contribution in [0.15, 0.2) is 0 Å². The number of nitrogens with zero attached hydrogens (tertiary/aromatic N) is 2. The van der Waals surface area contributed by atoms with E-state index in [0.717, 1.165) is 48.7 Å². The van der Waals surface area contributed by atoms with Crippen molar-refractivity contribution in [3.8, 4) is 0 Å². The summed E-state index contributed by atoms with van der Waals surface area (Å²) in [5.74, 6) is 6.74. The molecule has 3 radical (unpaired) electrons. The summed E-state index contributed by atoms with van der Waals surface area (Å²) in [6, 6.07) is 0.825. The second-order valence-electron chi connectivity index (χ2n) is 11.6. The van der Waals surface area contributed by atoms with Gasteiger partial charge in [0.2, 0.25) is 0 Å². The van der Waals surface area contributed by atoms with E-state index in [0.29, 0.717) is 10.8 Å². The molecule has 4 aliphatic carbocycles. The van der Waals surface area contributed by atoms with Crippen LogP contribution in [0.4, 0.5) is 0 Å². The Labute approximate surface area is 269 Å². The minimum atomic E-state index is 0. The summed E-state index contributed by atoms with van der Waals surface area (Å²) in [5.41, 5.74) is 1.19. The quantitative estimate of drug-likeness (QED) is 0.303. The standard InChI is InChI=1S/C25H42N2.V.W.2Y/c1-17-15-19-6-7-20-21-8-5-18(2)24(21,3)10-9-22(20)25(19,4)16-23(17)27-13-11-26-12-14-27;;;;/h17,19-23H,5-16H2,1-4H3;;;;/q-2;;;;/t17-,19?,20?,21?,22?,23-,24+,25-;;;;/m0..../s1. The van der Waals surface area contributed by atoms with Crippen LogP contribution >= 0.6 is 0 Å². The van der Waals surface area contributed by atoms with Crippen LogP contribution in [-0.4, -0.2) is 37.1 Å². The van der Waals surface area contributed by atoms with E-state index >= 15 is 0 Å². The molecule has 5 aliphatic rings. The van der Waals surface area contributed by atoms with Crippen LogP contribution in [0.3, 0.4) is 0 Å². The van der Waals surface area contributed by atoms with Crippen molar-refractivity contribution in [2.45, 2.75) is 85.1 Å². The van der Waals surface area contributed by atoms with Crippen molar-refractivity contribution in [2.24, 2.45) is 40.4 Å². The molecule has 4 saturated carbocycles. The fourth-order valence-electron chi connectivity index (χ4n) is 8.98. The van der Waals surface area contributed by atoms with E-state index in [1.807, 2.05) is 5.92 Å². The number of hydrogen-bond acceptors (Lipinski definition) is 1. The molecule has 0 aromatic rings. The van der Waals surface area contributed by atoms with Gasteiger partial charge in [0.05, 0.1) is 0 Å². The van der Waals surface area contributed by atoms with Gasteiger partial charge in [0.1, 0.15) is 0 Å². The van der Waals surface area contributed by atoms with Crippen LogP contribution < -0.4 is 0 Å². The largest absolute Gasteiger partial charge is 0.660 e. The van der Waals surface area contributed by atoms with Gasteiger partial charge < -0.3 is 16.1 Å². The minimum absolute atomic E-state index is 0. The molecule has 0 N–H and O–H groups in total. The Balaban J connectivity index is 0.00000120. The van der Waals surface area contributed by atoms with Crippen molar-refractivity contribution >= 4 is 0 Å². The van der Waals surface area contributed by atoms with Crippen LogP contribution in [0, 0.1) is 46.3 Å². The molecule has 0 aromatic heterocycles. The van der Waals surface area contributed by atoms with Crippen LogP contribution in [0.1, 0.15) is 79.1 Å². The van der Waals surface area contributed by atoms with Crippen molar-refractivity contribution in [1.29, 1.82) is 0 Å². The van der Waals surface area contributed by atoms with E-state index in [1.54, 1.807) is 6.42 Å². The molecule has 0 bridgehead atoms. The van der Waals surface area contributed by atoms with Crippen LogP contribution in [0.25, 0.3) is 5.32 Å². The van der Waals surface area contributed by atoms with Gasteiger partial charge in [-0.1, -0.05) is 46.0 Å². The van der Waals surface area contributed by atoms with Crippen molar-refractivity contribution < 1.29 is 105 Å². The second-order valence-corrected chi connectivity index (χ2v) is 11.6. The number of hydrogen-bond donors (Lipinski definition) is 0. The van der Waals surface area contributed by atoms with Crippen molar-refractivity contribution in [2.75, 3.05) is 26.2 Å². The first-order valence-corrected chi connectivity index (χ1v) is 12.1. The number of piperazine rings is 1. The Morgan fingerprint density at radius 2 is 1.65 bits per heavy atom. The molecule has 8 atom stereocenters. The Morgan fingerprint density at radius 3 is 2.32 bits per heavy atom. The average Bonchev–Trinajstić information content (AvgIpc) is 2.97. The van der Waals surface area contributed by atoms with Gasteiger partial charge in [-0.25, -0.2) is 0 Å². The maximum atomic E-state index is 4.62. The molecule has 0 aromatic carbocycles. The molecule has 0 amide bonds. The third-order valence-corrected chi connectivity index (χ3v) is 10.8. The zero-order chi connectivity index (χ0) is 18.8. The van der Waals surface area contributed by atoms with Crippen molar-refractivity contribution in [3.63, 3.8) is 0 Å². The molecule has 0 spiro atoms. The monoisotopic (exact) mass is 783 g/mol. The predicted octanol–water partition coefficient (Wildman–Crippen LogP) is 5.92. The van der Waals surface area contributed by atoms with E-state index in [9.17, 15) is 0 Å². The Morgan fingerprint density at radius 1 is 0.968 bits per heavy atom. The summed E-state index contributed by atoms with van der Waals surface area (Å²) in [5, 5.41) is 4.62. The average molecular weight is 783 g/mol. The summed E-state index contributed by atoms with van der Waals surface area (Å²) >= 11 is 0. The van der Waals surface area contributed by atoms with Gasteiger partial charge in [0.25, 0.3) is 0 Å². The molecular weight excluding hydrogens is 741 g/mol. The van der Waals surface area contributed by atoms with Gasteiger partial charge in [-0.15, -0.1) is 13.1 Å². The molecule has 5 rings (SSSR count). The first-order valence-electron chi connectivity index (χ1n) is 12.1. The summed E-state index contributed by atoms with van der Waals surface area (Å²) in [6.45, 7) is 15.0. The Bertz CT molecular complexity index is 578. The first kappa shape index (κ1) is 32.4. The van der Waals surface area contributed by atoms with Gasteiger partial charge in [-0.3, -0.25) is 0 Å². The number of rotatable bonds is 1. The SMILES string of the molecule is C[C-]1CCC2C3CCC4C[C@H](C)[C@@H](N5CC[N-]CC5)C[C@]4(C)C3CC[C@]12C.[V].[W].[Y].[Y]. The summed E-state index contributed by atoms with van der Waals surface area (Å²) in [4.78, 5) is 2.84. The van der Waals surface area contributed by atoms with E-state index in [2.05, 4.69) is 37.9 Å². The third kappa shape index (κ3) is 5.64. The van der Waals surface area contributed by atoms with E-state index in [1.165, 1.54) is 58.0 Å². The fourth-order valence-corrected chi connectivity index (χ4v) is 8.98. The zero-order valence-corrected chi connectivity index (χ0v) is 30.4. The van der Waals surface area contributed by atoms with Gasteiger partial charge in [-0.05, 0) is 67.9 Å². The van der Waals surface area contributed by atoms with Crippen molar-refractivity contribution in [1.82, 2.24) is 4.90 Å². The van der Waals surface area contributed by atoms with E-state index < -0.39 is 0 Å². The summed E-state index contributed by atoms with van der Waals surface area (Å²) < 4.78 is 0. The van der Waals surface area contributed by atoms with Gasteiger partial charge in [0.15, 0.2) is 0 Å². The molecular formula is C25H42N2VWY2-2.